The van der Waals surface area contributed by atoms with Gasteiger partial charge in [-0.05, 0) is 23.8 Å². The molecule has 33 heavy (non-hydrogen) atoms. The summed E-state index contributed by atoms with van der Waals surface area (Å²) < 4.78 is 15.8. The number of hydrogen-bond donors (Lipinski definition) is 2. The van der Waals surface area contributed by atoms with Crippen LogP contribution in [0, 0.1) is 5.82 Å². The summed E-state index contributed by atoms with van der Waals surface area (Å²) in [5, 5.41) is 6.77. The first kappa shape index (κ1) is 22.6. The predicted octanol–water partition coefficient (Wildman–Crippen LogP) is 4.62. The Kier molecular flexibility index (Phi) is 7.42. The van der Waals surface area contributed by atoms with Crippen molar-refractivity contribution >= 4 is 34.5 Å². The number of hydrogen-bond acceptors (Lipinski definition) is 3. The van der Waals surface area contributed by atoms with Crippen molar-refractivity contribution in [2.24, 2.45) is 0 Å². The van der Waals surface area contributed by atoms with Crippen LogP contribution >= 0.6 is 11.8 Å². The molecule has 0 saturated carbocycles. The van der Waals surface area contributed by atoms with Crippen molar-refractivity contribution in [1.82, 2.24) is 15.2 Å². The third kappa shape index (κ3) is 5.81. The number of carbonyl (C=O) groups is 2. The second-order valence-electron chi connectivity index (χ2n) is 7.49. The van der Waals surface area contributed by atoms with Crippen LogP contribution in [0.4, 0.5) is 4.39 Å². The summed E-state index contributed by atoms with van der Waals surface area (Å²) in [6.45, 7) is 1.39. The molecule has 0 fully saturated rings. The molecule has 2 N–H and O–H groups in total. The molecule has 0 aliphatic carbocycles. The van der Waals surface area contributed by atoms with Crippen molar-refractivity contribution in [2.45, 2.75) is 18.0 Å². The van der Waals surface area contributed by atoms with E-state index in [1.807, 2.05) is 65.4 Å². The van der Waals surface area contributed by atoms with E-state index in [1.54, 1.807) is 12.1 Å². The van der Waals surface area contributed by atoms with E-state index in [0.29, 0.717) is 25.4 Å². The van der Waals surface area contributed by atoms with Gasteiger partial charge in [0.1, 0.15) is 5.82 Å². The van der Waals surface area contributed by atoms with Crippen LogP contribution in [0.25, 0.3) is 10.9 Å². The molecule has 4 aromatic rings. The topological polar surface area (TPSA) is 63.1 Å². The third-order valence-corrected chi connectivity index (χ3v) is 6.24. The second kappa shape index (κ2) is 10.8. The van der Waals surface area contributed by atoms with E-state index >= 15 is 0 Å². The Morgan fingerprint density at radius 2 is 1.61 bits per heavy atom. The lowest BCUT2D eigenvalue weighted by molar-refractivity contribution is -0.118. The Morgan fingerprint density at radius 1 is 0.879 bits per heavy atom. The molecule has 1 heterocycles. The molecular weight excluding hydrogens is 437 g/mol. The van der Waals surface area contributed by atoms with Gasteiger partial charge in [-0.1, -0.05) is 60.7 Å². The largest absolute Gasteiger partial charge is 0.351 e. The smallest absolute Gasteiger partial charge is 0.254 e. The number of benzene rings is 3. The van der Waals surface area contributed by atoms with Gasteiger partial charge in [0.05, 0.1) is 11.3 Å². The Hall–Kier alpha value is -3.58. The Bertz CT molecular complexity index is 1260. The molecule has 0 bridgehead atoms. The lowest BCUT2D eigenvalue weighted by Crippen LogP contribution is -2.27. The van der Waals surface area contributed by atoms with Gasteiger partial charge in [0.25, 0.3) is 5.91 Å². The van der Waals surface area contributed by atoms with Crippen LogP contribution in [0.5, 0.6) is 0 Å². The molecule has 5 nitrogen and oxygen atoms in total. The highest BCUT2D eigenvalue weighted by atomic mass is 32.2. The Morgan fingerprint density at radius 3 is 2.42 bits per heavy atom. The van der Waals surface area contributed by atoms with Crippen LogP contribution in [0.3, 0.4) is 0 Å². The second-order valence-corrected chi connectivity index (χ2v) is 8.51. The van der Waals surface area contributed by atoms with Crippen LogP contribution in [0.15, 0.2) is 90.0 Å². The van der Waals surface area contributed by atoms with E-state index in [9.17, 15) is 14.0 Å². The van der Waals surface area contributed by atoms with Crippen LogP contribution in [-0.4, -0.2) is 28.7 Å². The molecule has 2 amide bonds. The number of nitrogens with one attached hydrogen (secondary N) is 2. The van der Waals surface area contributed by atoms with E-state index in [-0.39, 0.29) is 11.5 Å². The molecule has 0 aliphatic rings. The third-order valence-electron chi connectivity index (χ3n) is 5.20. The van der Waals surface area contributed by atoms with Gasteiger partial charge < -0.3 is 15.2 Å². The monoisotopic (exact) mass is 461 g/mol. The van der Waals surface area contributed by atoms with Gasteiger partial charge in [0, 0.05) is 41.6 Å². The number of halogens is 1. The summed E-state index contributed by atoms with van der Waals surface area (Å²) >= 11 is 1.48. The van der Waals surface area contributed by atoms with Crippen molar-refractivity contribution < 1.29 is 14.0 Å². The number of amides is 2. The summed E-state index contributed by atoms with van der Waals surface area (Å²) in [5.74, 6) is -0.692. The van der Waals surface area contributed by atoms with E-state index < -0.39 is 11.7 Å². The van der Waals surface area contributed by atoms with Crippen LogP contribution in [0.2, 0.25) is 0 Å². The van der Waals surface area contributed by atoms with Crippen molar-refractivity contribution in [1.29, 1.82) is 0 Å². The van der Waals surface area contributed by atoms with Crippen LogP contribution in [0.1, 0.15) is 15.9 Å². The first-order valence-corrected chi connectivity index (χ1v) is 11.6. The van der Waals surface area contributed by atoms with E-state index in [0.717, 1.165) is 21.4 Å². The average molecular weight is 462 g/mol. The molecule has 7 heteroatoms. The van der Waals surface area contributed by atoms with E-state index in [4.69, 9.17) is 0 Å². The fourth-order valence-electron chi connectivity index (χ4n) is 3.53. The van der Waals surface area contributed by atoms with Gasteiger partial charge in [0.2, 0.25) is 5.91 Å². The van der Waals surface area contributed by atoms with Gasteiger partial charge in [-0.3, -0.25) is 9.59 Å². The quantitative estimate of drug-likeness (QED) is 0.358. The van der Waals surface area contributed by atoms with Crippen LogP contribution in [-0.2, 0) is 17.9 Å². The van der Waals surface area contributed by atoms with Gasteiger partial charge >= 0.3 is 0 Å². The Labute approximate surface area is 196 Å². The molecule has 1 aromatic heterocycles. The minimum atomic E-state index is -0.536. The number of carbonyl (C=O) groups excluding carboxylic acids is 2. The zero-order valence-electron chi connectivity index (χ0n) is 18.0. The molecule has 3 aromatic carbocycles. The lowest BCUT2D eigenvalue weighted by atomic mass is 10.2. The van der Waals surface area contributed by atoms with Crippen molar-refractivity contribution in [3.05, 3.63) is 102 Å². The number of rotatable bonds is 9. The van der Waals surface area contributed by atoms with Gasteiger partial charge in [-0.2, -0.15) is 0 Å². The summed E-state index contributed by atoms with van der Waals surface area (Å²) in [7, 11) is 0. The minimum absolute atomic E-state index is 0.0298. The summed E-state index contributed by atoms with van der Waals surface area (Å²) in [6.07, 6.45) is 2.00. The number of para-hydroxylation sites is 1. The van der Waals surface area contributed by atoms with Gasteiger partial charge in [-0.15, -0.1) is 11.8 Å². The molecule has 0 spiro atoms. The normalized spacial score (nSPS) is 10.8. The lowest BCUT2D eigenvalue weighted by Gasteiger charge is -2.08. The summed E-state index contributed by atoms with van der Waals surface area (Å²) in [5.41, 5.74) is 2.11. The fraction of sp³-hybridized carbons (Fsp3) is 0.154. The first-order chi connectivity index (χ1) is 16.1. The maximum atomic E-state index is 13.8. The highest BCUT2D eigenvalue weighted by molar-refractivity contribution is 8.00. The minimum Gasteiger partial charge on any atom is -0.351 e. The molecule has 0 unspecified atom stereocenters. The highest BCUT2D eigenvalue weighted by Gasteiger charge is 2.13. The number of fused-ring (bicyclic) bond motifs is 1. The molecule has 4 rings (SSSR count). The molecule has 0 radical (unpaired) electrons. The fourth-order valence-corrected chi connectivity index (χ4v) is 4.45. The van der Waals surface area contributed by atoms with Crippen molar-refractivity contribution in [3.63, 3.8) is 0 Å². The van der Waals surface area contributed by atoms with Crippen LogP contribution < -0.4 is 10.6 Å². The standard InChI is InChI=1S/C26H24FN3O2S/c27-22-12-6-4-10-20(22)26(32)28-14-15-30-17-24(21-11-5-7-13-23(21)30)33-18-25(31)29-16-19-8-2-1-3-9-19/h1-13,17H,14-16,18H2,(H,28,32)(H,29,31). The molecule has 0 atom stereocenters. The summed E-state index contributed by atoms with van der Waals surface area (Å²) in [4.78, 5) is 25.6. The molecule has 0 saturated heterocycles. The maximum Gasteiger partial charge on any atom is 0.254 e. The van der Waals surface area contributed by atoms with Crippen molar-refractivity contribution in [2.75, 3.05) is 12.3 Å². The zero-order valence-corrected chi connectivity index (χ0v) is 18.8. The maximum absolute atomic E-state index is 13.8. The number of thioether (sulfide) groups is 1. The number of nitrogens with zero attached hydrogens (tertiary/aromatic N) is 1. The van der Waals surface area contributed by atoms with E-state index in [2.05, 4.69) is 10.6 Å². The Balaban J connectivity index is 1.35. The predicted molar refractivity (Wildman–Crippen MR) is 130 cm³/mol. The highest BCUT2D eigenvalue weighted by Crippen LogP contribution is 2.29. The molecular formula is C26H24FN3O2S. The first-order valence-electron chi connectivity index (χ1n) is 10.7. The van der Waals surface area contributed by atoms with Gasteiger partial charge in [0.15, 0.2) is 0 Å². The van der Waals surface area contributed by atoms with Gasteiger partial charge in [-0.25, -0.2) is 4.39 Å². The summed E-state index contributed by atoms with van der Waals surface area (Å²) in [6, 6.07) is 23.7. The molecule has 168 valence electrons. The average Bonchev–Trinajstić information content (AvgIpc) is 3.20. The number of aromatic nitrogens is 1. The van der Waals surface area contributed by atoms with E-state index in [1.165, 1.54) is 23.9 Å². The van der Waals surface area contributed by atoms with Crippen molar-refractivity contribution in [3.8, 4) is 0 Å². The zero-order chi connectivity index (χ0) is 23.0. The molecule has 0 aliphatic heterocycles. The SMILES string of the molecule is O=C(CSc1cn(CCNC(=O)c2ccccc2F)c2ccccc12)NCc1ccccc1.